The van der Waals surface area contributed by atoms with Crippen molar-refractivity contribution in [3.05, 3.63) is 42.5 Å². The zero-order valence-corrected chi connectivity index (χ0v) is 13.3. The molecule has 3 N–H and O–H groups in total. The van der Waals surface area contributed by atoms with Crippen molar-refractivity contribution in [3.63, 3.8) is 0 Å². The third-order valence-corrected chi connectivity index (χ3v) is 3.30. The smallest absolute Gasteiger partial charge is 0.220 e. The number of carbonyl (C=O) groups is 1. The molecular formula is C18H24N2O2. The molecule has 0 fully saturated rings. The molecular weight excluding hydrogens is 276 g/mol. The zero-order chi connectivity index (χ0) is 16.0. The first kappa shape index (κ1) is 16.3. The summed E-state index contributed by atoms with van der Waals surface area (Å²) in [6.45, 7) is 4.78. The third-order valence-electron chi connectivity index (χ3n) is 3.30. The van der Waals surface area contributed by atoms with Crippen LogP contribution in [-0.4, -0.2) is 24.6 Å². The molecule has 118 valence electrons. The van der Waals surface area contributed by atoms with E-state index in [1.165, 1.54) is 0 Å². The molecule has 2 aromatic rings. The number of amides is 1. The standard InChI is InChI=1S/C18H24N2O2/c1-18(2,19)13-20-17(21)11-6-12-22-16-10-5-8-14-7-3-4-9-15(14)16/h3-5,7-10H,6,11-13,19H2,1-2H3,(H,20,21). The van der Waals surface area contributed by atoms with Gasteiger partial charge in [-0.2, -0.15) is 0 Å². The van der Waals surface area contributed by atoms with Crippen LogP contribution in [0.1, 0.15) is 26.7 Å². The lowest BCUT2D eigenvalue weighted by atomic mass is 10.1. The van der Waals surface area contributed by atoms with E-state index in [9.17, 15) is 4.79 Å². The molecule has 0 aliphatic heterocycles. The largest absolute Gasteiger partial charge is 0.493 e. The molecule has 0 saturated carbocycles. The molecule has 22 heavy (non-hydrogen) atoms. The van der Waals surface area contributed by atoms with Gasteiger partial charge in [-0.15, -0.1) is 0 Å². The number of rotatable bonds is 7. The van der Waals surface area contributed by atoms with Crippen LogP contribution >= 0.6 is 0 Å². The van der Waals surface area contributed by atoms with Crippen molar-refractivity contribution in [3.8, 4) is 5.75 Å². The molecule has 4 heteroatoms. The number of nitrogens with two attached hydrogens (primary N) is 1. The van der Waals surface area contributed by atoms with Gasteiger partial charge in [0.1, 0.15) is 5.75 Å². The quantitative estimate of drug-likeness (QED) is 0.773. The molecule has 0 heterocycles. The van der Waals surface area contributed by atoms with E-state index in [2.05, 4.69) is 17.4 Å². The first-order chi connectivity index (χ1) is 10.5. The van der Waals surface area contributed by atoms with E-state index in [4.69, 9.17) is 10.5 Å². The maximum atomic E-state index is 11.7. The fourth-order valence-corrected chi connectivity index (χ4v) is 2.15. The summed E-state index contributed by atoms with van der Waals surface area (Å²) in [5.41, 5.74) is 5.45. The van der Waals surface area contributed by atoms with Gasteiger partial charge in [0.15, 0.2) is 0 Å². The van der Waals surface area contributed by atoms with Crippen LogP contribution in [0.25, 0.3) is 10.8 Å². The Labute approximate surface area is 131 Å². The van der Waals surface area contributed by atoms with Gasteiger partial charge >= 0.3 is 0 Å². The highest BCUT2D eigenvalue weighted by Gasteiger charge is 2.12. The molecule has 0 aromatic heterocycles. The Morgan fingerprint density at radius 1 is 1.18 bits per heavy atom. The summed E-state index contributed by atoms with van der Waals surface area (Å²) in [5, 5.41) is 5.08. The van der Waals surface area contributed by atoms with E-state index in [-0.39, 0.29) is 11.4 Å². The molecule has 0 saturated heterocycles. The van der Waals surface area contributed by atoms with Crippen LogP contribution in [-0.2, 0) is 4.79 Å². The van der Waals surface area contributed by atoms with Crippen LogP contribution in [0, 0.1) is 0 Å². The predicted octanol–water partition coefficient (Wildman–Crippen LogP) is 2.85. The van der Waals surface area contributed by atoms with Gasteiger partial charge in [-0.1, -0.05) is 36.4 Å². The molecule has 2 aromatic carbocycles. The topological polar surface area (TPSA) is 64.3 Å². The molecule has 1 amide bonds. The summed E-state index contributed by atoms with van der Waals surface area (Å²) in [6, 6.07) is 14.1. The van der Waals surface area contributed by atoms with E-state index < -0.39 is 0 Å². The zero-order valence-electron chi connectivity index (χ0n) is 13.3. The van der Waals surface area contributed by atoms with Gasteiger partial charge in [-0.3, -0.25) is 4.79 Å². The highest BCUT2D eigenvalue weighted by molar-refractivity contribution is 5.88. The second kappa shape index (κ2) is 7.27. The van der Waals surface area contributed by atoms with Gasteiger partial charge in [0, 0.05) is 23.9 Å². The van der Waals surface area contributed by atoms with Crippen LogP contribution in [0.4, 0.5) is 0 Å². The molecule has 0 bridgehead atoms. The van der Waals surface area contributed by atoms with Gasteiger partial charge < -0.3 is 15.8 Å². The minimum Gasteiger partial charge on any atom is -0.493 e. The van der Waals surface area contributed by atoms with Crippen molar-refractivity contribution < 1.29 is 9.53 Å². The van der Waals surface area contributed by atoms with Crippen molar-refractivity contribution in [2.75, 3.05) is 13.2 Å². The van der Waals surface area contributed by atoms with Crippen molar-refractivity contribution >= 4 is 16.7 Å². The lowest BCUT2D eigenvalue weighted by Gasteiger charge is -2.18. The predicted molar refractivity (Wildman–Crippen MR) is 90.0 cm³/mol. The second-order valence-electron chi connectivity index (χ2n) is 6.19. The monoisotopic (exact) mass is 300 g/mol. The maximum absolute atomic E-state index is 11.7. The Hall–Kier alpha value is -2.07. The first-order valence-electron chi connectivity index (χ1n) is 7.62. The van der Waals surface area contributed by atoms with Crippen molar-refractivity contribution in [2.24, 2.45) is 5.73 Å². The SMILES string of the molecule is CC(C)(N)CNC(=O)CCCOc1cccc2ccccc12. The average molecular weight is 300 g/mol. The molecule has 0 atom stereocenters. The van der Waals surface area contributed by atoms with Crippen molar-refractivity contribution in [1.29, 1.82) is 0 Å². The normalized spacial score (nSPS) is 11.4. The van der Waals surface area contributed by atoms with E-state index in [0.717, 1.165) is 16.5 Å². The Kier molecular flexibility index (Phi) is 5.39. The first-order valence-corrected chi connectivity index (χ1v) is 7.62. The second-order valence-corrected chi connectivity index (χ2v) is 6.19. The Morgan fingerprint density at radius 3 is 2.68 bits per heavy atom. The van der Waals surface area contributed by atoms with E-state index in [0.29, 0.717) is 26.0 Å². The van der Waals surface area contributed by atoms with E-state index in [1.807, 2.05) is 44.2 Å². The molecule has 0 aliphatic rings. The lowest BCUT2D eigenvalue weighted by molar-refractivity contribution is -0.121. The molecule has 0 aliphatic carbocycles. The summed E-state index contributed by atoms with van der Waals surface area (Å²) in [4.78, 5) is 11.7. The number of hydrogen-bond donors (Lipinski definition) is 2. The molecule has 2 rings (SSSR count). The van der Waals surface area contributed by atoms with Gasteiger partial charge in [-0.25, -0.2) is 0 Å². The van der Waals surface area contributed by atoms with E-state index >= 15 is 0 Å². The highest BCUT2D eigenvalue weighted by atomic mass is 16.5. The van der Waals surface area contributed by atoms with Crippen LogP contribution < -0.4 is 15.8 Å². The van der Waals surface area contributed by atoms with Crippen molar-refractivity contribution in [2.45, 2.75) is 32.2 Å². The number of nitrogens with one attached hydrogen (secondary N) is 1. The minimum absolute atomic E-state index is 0.0139. The van der Waals surface area contributed by atoms with Gasteiger partial charge in [0.25, 0.3) is 0 Å². The summed E-state index contributed by atoms with van der Waals surface area (Å²) in [5.74, 6) is 0.877. The molecule has 4 nitrogen and oxygen atoms in total. The third kappa shape index (κ3) is 5.04. The van der Waals surface area contributed by atoms with Gasteiger partial charge in [-0.05, 0) is 31.7 Å². The van der Waals surface area contributed by atoms with Crippen LogP contribution in [0.2, 0.25) is 0 Å². The number of carbonyl (C=O) groups excluding carboxylic acids is 1. The molecule has 0 spiro atoms. The number of hydrogen-bond acceptors (Lipinski definition) is 3. The average Bonchev–Trinajstić information content (AvgIpc) is 2.49. The van der Waals surface area contributed by atoms with Gasteiger partial charge in [0.05, 0.1) is 6.61 Å². The summed E-state index contributed by atoms with van der Waals surface area (Å²) < 4.78 is 5.81. The van der Waals surface area contributed by atoms with Crippen LogP contribution in [0.15, 0.2) is 42.5 Å². The summed E-state index contributed by atoms with van der Waals surface area (Å²) in [6.07, 6.45) is 1.13. The highest BCUT2D eigenvalue weighted by Crippen LogP contribution is 2.25. The van der Waals surface area contributed by atoms with Crippen LogP contribution in [0.5, 0.6) is 5.75 Å². The summed E-state index contributed by atoms with van der Waals surface area (Å²) in [7, 11) is 0. The Balaban J connectivity index is 1.78. The fraction of sp³-hybridized carbons (Fsp3) is 0.389. The minimum atomic E-state index is -0.380. The molecule has 0 unspecified atom stereocenters. The Bertz CT molecular complexity index is 627. The van der Waals surface area contributed by atoms with Crippen LogP contribution in [0.3, 0.4) is 0 Å². The number of fused-ring (bicyclic) bond motifs is 1. The lowest BCUT2D eigenvalue weighted by Crippen LogP contribution is -2.45. The number of ether oxygens (including phenoxy) is 1. The van der Waals surface area contributed by atoms with Gasteiger partial charge in [0.2, 0.25) is 5.91 Å². The molecule has 0 radical (unpaired) electrons. The fourth-order valence-electron chi connectivity index (χ4n) is 2.15. The Morgan fingerprint density at radius 2 is 1.91 bits per heavy atom. The maximum Gasteiger partial charge on any atom is 0.220 e. The van der Waals surface area contributed by atoms with Crippen molar-refractivity contribution in [1.82, 2.24) is 5.32 Å². The number of benzene rings is 2. The summed E-state index contributed by atoms with van der Waals surface area (Å²) >= 11 is 0. The van der Waals surface area contributed by atoms with E-state index in [1.54, 1.807) is 0 Å².